The van der Waals surface area contributed by atoms with E-state index in [-0.39, 0.29) is 28.6 Å². The van der Waals surface area contributed by atoms with E-state index in [0.29, 0.717) is 24.2 Å². The molecule has 1 aliphatic heterocycles. The lowest BCUT2D eigenvalue weighted by Gasteiger charge is -2.23. The van der Waals surface area contributed by atoms with E-state index >= 15 is 0 Å². The summed E-state index contributed by atoms with van der Waals surface area (Å²) in [7, 11) is -1.37. The molecule has 2 rings (SSSR count). The van der Waals surface area contributed by atoms with E-state index < -0.39 is 9.84 Å². The predicted molar refractivity (Wildman–Crippen MR) is 77.9 cm³/mol. The van der Waals surface area contributed by atoms with E-state index in [0.717, 1.165) is 0 Å². The Morgan fingerprint density at radius 2 is 2.20 bits per heavy atom. The highest BCUT2D eigenvalue weighted by molar-refractivity contribution is 7.91. The standard InChI is InChI=1S/C12H16ClN3O3S/c1-14-11-6-8(5-10(13)16-11)12(17)15-9-3-2-4-20(18,19)7-9/h5-6,9H,2-4,7H2,1H3,(H,14,16)(H,15,17). The highest BCUT2D eigenvalue weighted by Crippen LogP contribution is 2.16. The SMILES string of the molecule is CNc1cc(C(=O)NC2CCCS(=O)(=O)C2)cc(Cl)n1. The van der Waals surface area contributed by atoms with Crippen LogP contribution < -0.4 is 10.6 Å². The molecular formula is C12H16ClN3O3S. The number of rotatable bonds is 3. The van der Waals surface area contributed by atoms with E-state index in [4.69, 9.17) is 11.6 Å². The molecule has 1 saturated heterocycles. The van der Waals surface area contributed by atoms with Crippen LogP contribution in [0.5, 0.6) is 0 Å². The normalized spacial score (nSPS) is 21.2. The maximum absolute atomic E-state index is 12.1. The van der Waals surface area contributed by atoms with Crippen molar-refractivity contribution in [1.29, 1.82) is 0 Å². The van der Waals surface area contributed by atoms with Gasteiger partial charge in [0.25, 0.3) is 5.91 Å². The summed E-state index contributed by atoms with van der Waals surface area (Å²) in [4.78, 5) is 16.1. The summed E-state index contributed by atoms with van der Waals surface area (Å²) in [5.74, 6) is 0.340. The Kier molecular flexibility index (Phi) is 4.49. The Morgan fingerprint density at radius 3 is 2.85 bits per heavy atom. The Balaban J connectivity index is 2.10. The van der Waals surface area contributed by atoms with Crippen LogP contribution in [0.4, 0.5) is 5.82 Å². The topological polar surface area (TPSA) is 88.2 Å². The minimum Gasteiger partial charge on any atom is -0.373 e. The summed E-state index contributed by atoms with van der Waals surface area (Å²) in [6, 6.07) is 2.68. The Labute approximate surface area is 122 Å². The van der Waals surface area contributed by atoms with Crippen molar-refractivity contribution >= 4 is 33.2 Å². The van der Waals surface area contributed by atoms with Crippen molar-refractivity contribution in [3.63, 3.8) is 0 Å². The molecule has 8 heteroatoms. The number of amides is 1. The van der Waals surface area contributed by atoms with Crippen LogP contribution in [0.15, 0.2) is 12.1 Å². The Bertz CT molecular complexity index is 618. The van der Waals surface area contributed by atoms with Gasteiger partial charge in [0.05, 0.1) is 11.5 Å². The molecule has 0 aromatic carbocycles. The minimum atomic E-state index is -3.05. The molecule has 0 radical (unpaired) electrons. The lowest BCUT2D eigenvalue weighted by Crippen LogP contribution is -2.43. The summed E-state index contributed by atoms with van der Waals surface area (Å²) in [5, 5.41) is 5.75. The number of nitrogens with one attached hydrogen (secondary N) is 2. The van der Waals surface area contributed by atoms with Gasteiger partial charge in [0.2, 0.25) is 0 Å². The molecule has 20 heavy (non-hydrogen) atoms. The summed E-state index contributed by atoms with van der Waals surface area (Å²) in [6.45, 7) is 0. The van der Waals surface area contributed by atoms with Crippen LogP contribution in [0.3, 0.4) is 0 Å². The van der Waals surface area contributed by atoms with Gasteiger partial charge in [-0.2, -0.15) is 0 Å². The predicted octanol–water partition coefficient (Wildman–Crippen LogP) is 1.08. The van der Waals surface area contributed by atoms with Crippen LogP contribution in [0.2, 0.25) is 5.15 Å². The van der Waals surface area contributed by atoms with Gasteiger partial charge in [-0.15, -0.1) is 0 Å². The van der Waals surface area contributed by atoms with Crippen LogP contribution in [-0.4, -0.2) is 43.9 Å². The molecular weight excluding hydrogens is 302 g/mol. The van der Waals surface area contributed by atoms with Gasteiger partial charge in [0, 0.05) is 18.7 Å². The molecule has 1 aliphatic rings. The fraction of sp³-hybridized carbons (Fsp3) is 0.500. The average Bonchev–Trinajstić information content (AvgIpc) is 2.36. The minimum absolute atomic E-state index is 0.00353. The van der Waals surface area contributed by atoms with E-state index in [1.807, 2.05) is 0 Å². The fourth-order valence-corrected chi connectivity index (χ4v) is 4.01. The van der Waals surface area contributed by atoms with E-state index in [2.05, 4.69) is 15.6 Å². The van der Waals surface area contributed by atoms with Crippen molar-refractivity contribution < 1.29 is 13.2 Å². The number of aromatic nitrogens is 1. The van der Waals surface area contributed by atoms with Crippen LogP contribution in [0, 0.1) is 0 Å². The molecule has 6 nitrogen and oxygen atoms in total. The van der Waals surface area contributed by atoms with Crippen LogP contribution in [0.1, 0.15) is 23.2 Å². The molecule has 2 N–H and O–H groups in total. The molecule has 1 unspecified atom stereocenters. The molecule has 1 amide bonds. The van der Waals surface area contributed by atoms with Crippen LogP contribution >= 0.6 is 11.6 Å². The molecule has 1 fully saturated rings. The highest BCUT2D eigenvalue weighted by atomic mass is 35.5. The van der Waals surface area contributed by atoms with Gasteiger partial charge < -0.3 is 10.6 Å². The largest absolute Gasteiger partial charge is 0.373 e. The first-order chi connectivity index (χ1) is 9.39. The number of carbonyl (C=O) groups excluding carboxylic acids is 1. The zero-order chi connectivity index (χ0) is 14.8. The van der Waals surface area contributed by atoms with Gasteiger partial charge in [-0.1, -0.05) is 11.6 Å². The van der Waals surface area contributed by atoms with Crippen LogP contribution in [-0.2, 0) is 9.84 Å². The van der Waals surface area contributed by atoms with Gasteiger partial charge in [0.1, 0.15) is 11.0 Å². The number of carbonyl (C=O) groups is 1. The smallest absolute Gasteiger partial charge is 0.251 e. The average molecular weight is 318 g/mol. The van der Waals surface area contributed by atoms with Crippen molar-refractivity contribution in [2.75, 3.05) is 23.9 Å². The second-order valence-electron chi connectivity index (χ2n) is 4.74. The van der Waals surface area contributed by atoms with Crippen molar-refractivity contribution in [2.45, 2.75) is 18.9 Å². The molecule has 1 aromatic heterocycles. The first kappa shape index (κ1) is 15.1. The molecule has 0 saturated carbocycles. The van der Waals surface area contributed by atoms with Crippen molar-refractivity contribution in [3.8, 4) is 0 Å². The van der Waals surface area contributed by atoms with E-state index in [1.54, 1.807) is 13.1 Å². The van der Waals surface area contributed by atoms with Gasteiger partial charge in [-0.3, -0.25) is 4.79 Å². The number of anilines is 1. The van der Waals surface area contributed by atoms with Crippen molar-refractivity contribution in [1.82, 2.24) is 10.3 Å². The molecule has 110 valence electrons. The Hall–Kier alpha value is -1.34. The van der Waals surface area contributed by atoms with Crippen molar-refractivity contribution in [3.05, 3.63) is 22.8 Å². The fourth-order valence-electron chi connectivity index (χ4n) is 2.16. The molecule has 0 spiro atoms. The lowest BCUT2D eigenvalue weighted by atomic mass is 10.1. The number of nitrogens with zero attached hydrogens (tertiary/aromatic N) is 1. The zero-order valence-electron chi connectivity index (χ0n) is 11.0. The van der Waals surface area contributed by atoms with E-state index in [9.17, 15) is 13.2 Å². The van der Waals surface area contributed by atoms with Crippen molar-refractivity contribution in [2.24, 2.45) is 0 Å². The maximum Gasteiger partial charge on any atom is 0.251 e. The van der Waals surface area contributed by atoms with E-state index in [1.165, 1.54) is 6.07 Å². The molecule has 0 bridgehead atoms. The third-order valence-corrected chi connectivity index (χ3v) is 5.13. The quantitative estimate of drug-likeness (QED) is 0.815. The second kappa shape index (κ2) is 5.97. The number of halogens is 1. The number of pyridine rings is 1. The number of sulfone groups is 1. The third-order valence-electron chi connectivity index (χ3n) is 3.11. The molecule has 0 aliphatic carbocycles. The second-order valence-corrected chi connectivity index (χ2v) is 7.36. The molecule has 2 heterocycles. The van der Waals surface area contributed by atoms with Gasteiger partial charge in [-0.05, 0) is 25.0 Å². The first-order valence-corrected chi connectivity index (χ1v) is 8.46. The Morgan fingerprint density at radius 1 is 1.45 bits per heavy atom. The number of hydrogen-bond donors (Lipinski definition) is 2. The third kappa shape index (κ3) is 3.83. The van der Waals surface area contributed by atoms with Gasteiger partial charge in [-0.25, -0.2) is 13.4 Å². The molecule has 1 aromatic rings. The van der Waals surface area contributed by atoms with Crippen LogP contribution in [0.25, 0.3) is 0 Å². The molecule has 1 atom stereocenters. The summed E-state index contributed by atoms with van der Waals surface area (Å²) >= 11 is 5.83. The first-order valence-electron chi connectivity index (χ1n) is 6.26. The summed E-state index contributed by atoms with van der Waals surface area (Å²) in [5.41, 5.74) is 0.359. The highest BCUT2D eigenvalue weighted by Gasteiger charge is 2.26. The van der Waals surface area contributed by atoms with Gasteiger partial charge in [0.15, 0.2) is 9.84 Å². The number of hydrogen-bond acceptors (Lipinski definition) is 5. The maximum atomic E-state index is 12.1. The van der Waals surface area contributed by atoms with Gasteiger partial charge >= 0.3 is 0 Å². The summed E-state index contributed by atoms with van der Waals surface area (Å²) in [6.07, 6.45) is 1.24. The summed E-state index contributed by atoms with van der Waals surface area (Å²) < 4.78 is 23.1. The monoisotopic (exact) mass is 317 g/mol. The lowest BCUT2D eigenvalue weighted by molar-refractivity contribution is 0.0938. The zero-order valence-corrected chi connectivity index (χ0v) is 12.6.